The summed E-state index contributed by atoms with van der Waals surface area (Å²) in [7, 11) is 0. The van der Waals surface area contributed by atoms with Crippen molar-refractivity contribution in [3.05, 3.63) is 0 Å². The van der Waals surface area contributed by atoms with E-state index < -0.39 is 0 Å². The molecule has 2 fully saturated rings. The molecule has 0 saturated heterocycles. The lowest BCUT2D eigenvalue weighted by molar-refractivity contribution is 0.133. The average molecular weight is 625 g/mol. The van der Waals surface area contributed by atoms with Gasteiger partial charge in [0.15, 0.2) is 0 Å². The molecule has 2 rings (SSSR count). The van der Waals surface area contributed by atoms with Crippen molar-refractivity contribution in [1.29, 1.82) is 0 Å². The van der Waals surface area contributed by atoms with Gasteiger partial charge in [0.05, 0.1) is 0 Å². The summed E-state index contributed by atoms with van der Waals surface area (Å²) in [5, 5.41) is 0. The van der Waals surface area contributed by atoms with Gasteiger partial charge in [0, 0.05) is 0 Å². The van der Waals surface area contributed by atoms with Gasteiger partial charge in [0.1, 0.15) is 0 Å². The van der Waals surface area contributed by atoms with Gasteiger partial charge in [-0.3, -0.25) is 0 Å². The van der Waals surface area contributed by atoms with Crippen LogP contribution in [0.5, 0.6) is 0 Å². The van der Waals surface area contributed by atoms with Crippen LogP contribution in [-0.4, -0.2) is 0 Å². The second-order valence-electron chi connectivity index (χ2n) is 14.6. The number of hydrogen-bond donors (Lipinski definition) is 0. The molecule has 0 heteroatoms. The first-order valence-corrected chi connectivity index (χ1v) is 21.2. The first-order chi connectivity index (χ1) is 21.2. The van der Waals surface area contributed by atoms with Gasteiger partial charge in [0.25, 0.3) is 0 Å². The van der Waals surface area contributed by atoms with Crippen LogP contribution >= 0.6 is 0 Å². The van der Waals surface area contributed by atoms with Gasteiger partial charge >= 0.3 is 0 Å². The van der Waals surface area contributed by atoms with Crippen LogP contribution in [0.25, 0.3) is 0 Å². The highest BCUT2D eigenvalue weighted by atomic mass is 14.4. The van der Waals surface area contributed by atoms with Gasteiger partial charge in [0.2, 0.25) is 0 Å². The molecule has 2 aliphatic rings. The maximum absolute atomic E-state index is 2.54. The Morgan fingerprint density at radius 2 is 1.07 bits per heavy atom. The van der Waals surface area contributed by atoms with E-state index in [1.165, 1.54) is 89.9 Å². The van der Waals surface area contributed by atoms with Crippen LogP contribution in [-0.2, 0) is 0 Å². The van der Waals surface area contributed by atoms with Crippen LogP contribution in [0.4, 0.5) is 0 Å². The zero-order chi connectivity index (χ0) is 34.8. The molecule has 0 radical (unpaired) electrons. The molecule has 5 unspecified atom stereocenters. The van der Waals surface area contributed by atoms with E-state index in [0.717, 1.165) is 47.3 Å². The summed E-state index contributed by atoms with van der Waals surface area (Å²) in [6.45, 7) is 35.4. The summed E-state index contributed by atoms with van der Waals surface area (Å²) < 4.78 is 0. The fourth-order valence-corrected chi connectivity index (χ4v) is 7.17. The first kappa shape index (κ1) is 50.8. The molecule has 5 atom stereocenters. The molecule has 0 nitrogen and oxygen atoms in total. The van der Waals surface area contributed by atoms with Crippen LogP contribution in [0.2, 0.25) is 0 Å². The topological polar surface area (TPSA) is 0 Å². The zero-order valence-corrected chi connectivity index (χ0v) is 34.8. The fraction of sp³-hybridized carbons (Fsp3) is 1.00. The maximum atomic E-state index is 2.54. The Bertz CT molecular complexity index is 468. The lowest BCUT2D eigenvalue weighted by Gasteiger charge is -2.38. The van der Waals surface area contributed by atoms with E-state index in [2.05, 4.69) is 69.2 Å². The molecular weight excluding hydrogens is 528 g/mol. The monoisotopic (exact) mass is 625 g/mol. The van der Waals surface area contributed by atoms with Crippen LogP contribution in [0.15, 0.2) is 0 Å². The first-order valence-electron chi connectivity index (χ1n) is 21.2. The minimum absolute atomic E-state index is 0.888. The highest BCUT2D eigenvalue weighted by molar-refractivity contribution is 4.82. The van der Waals surface area contributed by atoms with Crippen molar-refractivity contribution >= 4 is 0 Å². The van der Waals surface area contributed by atoms with E-state index in [0.29, 0.717) is 0 Å². The number of rotatable bonds is 15. The van der Waals surface area contributed by atoms with Crippen molar-refractivity contribution in [3.63, 3.8) is 0 Å². The van der Waals surface area contributed by atoms with Crippen molar-refractivity contribution < 1.29 is 0 Å². The normalized spacial score (nSPS) is 23.8. The predicted molar refractivity (Wildman–Crippen MR) is 211 cm³/mol. The molecule has 2 aliphatic carbocycles. The zero-order valence-electron chi connectivity index (χ0n) is 34.8. The average Bonchev–Trinajstić information content (AvgIpc) is 3.05. The predicted octanol–water partition coefficient (Wildman–Crippen LogP) is 17.0. The lowest BCUT2D eigenvalue weighted by Crippen LogP contribution is -2.26. The third-order valence-electron chi connectivity index (χ3n) is 10.3. The Balaban J connectivity index is -0.000000332. The quantitative estimate of drug-likeness (QED) is 0.159. The van der Waals surface area contributed by atoms with E-state index in [9.17, 15) is 0 Å². The van der Waals surface area contributed by atoms with Gasteiger partial charge in [-0.1, -0.05) is 214 Å². The molecule has 0 bridgehead atoms. The minimum Gasteiger partial charge on any atom is -0.0683 e. The summed E-state index contributed by atoms with van der Waals surface area (Å²) in [5.74, 6) is 8.07. The van der Waals surface area contributed by atoms with Crippen molar-refractivity contribution in [2.45, 2.75) is 239 Å². The second kappa shape index (κ2) is 39.2. The summed E-state index contributed by atoms with van der Waals surface area (Å²) in [4.78, 5) is 0. The molecule has 44 heavy (non-hydrogen) atoms. The Labute approximate surface area is 285 Å². The lowest BCUT2D eigenvalue weighted by atomic mass is 9.68. The smallest absolute Gasteiger partial charge is 0.0386 e. The highest BCUT2D eigenvalue weighted by Gasteiger charge is 2.31. The van der Waals surface area contributed by atoms with Gasteiger partial charge in [-0.15, -0.1) is 0 Å². The van der Waals surface area contributed by atoms with Crippen LogP contribution in [0.1, 0.15) is 239 Å². The Kier molecular flexibility index (Phi) is 45.3. The van der Waals surface area contributed by atoms with Gasteiger partial charge in [-0.05, 0) is 73.0 Å². The van der Waals surface area contributed by atoms with Crippen molar-refractivity contribution in [2.24, 2.45) is 47.3 Å². The standard InChI is InChI=1S/C24H46.C10H22.C4H10.3C2H6/c1-5-7-8-10-19(3)23-15-13-21(14-16-23)17-22-12-11-20(4)24(18-22)9-6-2;1-5-6-10(4)8-7-9(2)3;1-3-4-2;3*1-2/h19-24H,5-18H2,1-4H3;9-10H,5-8H2,1-4H3;3-4H2,1-2H3;3*1-2H3. The van der Waals surface area contributed by atoms with Crippen molar-refractivity contribution in [2.75, 3.05) is 0 Å². The second-order valence-corrected chi connectivity index (χ2v) is 14.6. The molecule has 0 amide bonds. The number of unbranched alkanes of at least 4 members (excludes halogenated alkanes) is 3. The summed E-state index contributed by atoms with van der Waals surface area (Å²) in [5.41, 5.74) is 0. The summed E-state index contributed by atoms with van der Waals surface area (Å²) in [6, 6.07) is 0. The Morgan fingerprint density at radius 1 is 0.523 bits per heavy atom. The minimum atomic E-state index is 0.888. The van der Waals surface area contributed by atoms with Crippen LogP contribution in [0.3, 0.4) is 0 Å². The molecule has 0 spiro atoms. The van der Waals surface area contributed by atoms with E-state index in [-0.39, 0.29) is 0 Å². The van der Waals surface area contributed by atoms with Gasteiger partial charge < -0.3 is 0 Å². The van der Waals surface area contributed by atoms with Gasteiger partial charge in [-0.25, -0.2) is 0 Å². The molecule has 272 valence electrons. The molecule has 0 heterocycles. The Morgan fingerprint density at radius 3 is 1.52 bits per heavy atom. The molecule has 0 aromatic rings. The molecule has 0 N–H and O–H groups in total. The van der Waals surface area contributed by atoms with E-state index in [1.54, 1.807) is 38.5 Å². The molecular formula is C44H96. The molecule has 0 aromatic carbocycles. The molecule has 0 aliphatic heterocycles. The van der Waals surface area contributed by atoms with Gasteiger partial charge in [-0.2, -0.15) is 0 Å². The van der Waals surface area contributed by atoms with E-state index >= 15 is 0 Å². The van der Waals surface area contributed by atoms with E-state index in [4.69, 9.17) is 0 Å². The van der Waals surface area contributed by atoms with Crippen molar-refractivity contribution in [1.82, 2.24) is 0 Å². The highest BCUT2D eigenvalue weighted by Crippen LogP contribution is 2.43. The fourth-order valence-electron chi connectivity index (χ4n) is 7.17. The van der Waals surface area contributed by atoms with Crippen molar-refractivity contribution in [3.8, 4) is 0 Å². The van der Waals surface area contributed by atoms with Crippen LogP contribution < -0.4 is 0 Å². The third kappa shape index (κ3) is 30.6. The number of hydrogen-bond acceptors (Lipinski definition) is 0. The summed E-state index contributed by atoms with van der Waals surface area (Å²) >= 11 is 0. The van der Waals surface area contributed by atoms with E-state index in [1.807, 2.05) is 41.5 Å². The largest absolute Gasteiger partial charge is 0.0683 e. The summed E-state index contributed by atoms with van der Waals surface area (Å²) in [6.07, 6.45) is 29.2. The van der Waals surface area contributed by atoms with Crippen LogP contribution in [0, 0.1) is 47.3 Å². The SMILES string of the molecule is CC.CC.CC.CCCC.CCCC(C)CCC(C)C.CCCCCC(C)C1CCC(CC2CCC(C)C(CCC)C2)CC1. The molecule has 0 aromatic heterocycles. The third-order valence-corrected chi connectivity index (χ3v) is 10.3. The maximum Gasteiger partial charge on any atom is -0.0386 e. The Hall–Kier alpha value is 0. The molecule has 2 saturated carbocycles.